The molecule has 0 radical (unpaired) electrons. The van der Waals surface area contributed by atoms with Crippen molar-refractivity contribution in [3.63, 3.8) is 0 Å². The van der Waals surface area contributed by atoms with Crippen LogP contribution in [0.2, 0.25) is 0 Å². The predicted molar refractivity (Wildman–Crippen MR) is 162 cm³/mol. The largest absolute Gasteiger partial charge is 0.477 e. The lowest BCUT2D eigenvalue weighted by Gasteiger charge is -2.39. The number of nitrogens with zero attached hydrogens (tertiary/aromatic N) is 5. The van der Waals surface area contributed by atoms with Gasteiger partial charge in [-0.3, -0.25) is 4.79 Å². The van der Waals surface area contributed by atoms with Gasteiger partial charge in [-0.05, 0) is 50.6 Å². The van der Waals surface area contributed by atoms with E-state index >= 15 is 0 Å². The van der Waals surface area contributed by atoms with Gasteiger partial charge in [0.05, 0.1) is 27.7 Å². The molecule has 2 fully saturated rings. The Hall–Kier alpha value is -4.71. The van der Waals surface area contributed by atoms with Crippen molar-refractivity contribution in [2.45, 2.75) is 18.9 Å². The zero-order valence-electron chi connectivity index (χ0n) is 23.5. The van der Waals surface area contributed by atoms with Crippen LogP contribution < -0.4 is 21.1 Å². The lowest BCUT2D eigenvalue weighted by atomic mass is 9.90. The maximum Gasteiger partial charge on any atom is 0.341 e. The van der Waals surface area contributed by atoms with Gasteiger partial charge in [-0.15, -0.1) is 0 Å². The number of nitrogens with one attached hydrogen (secondary N) is 3. The number of carboxylic acid groups (broad SMARTS) is 1. The number of anilines is 2. The highest BCUT2D eigenvalue weighted by atomic mass is 19.1. The van der Waals surface area contributed by atoms with Crippen LogP contribution in [-0.2, 0) is 0 Å². The summed E-state index contributed by atoms with van der Waals surface area (Å²) in [4.78, 5) is 42.6. The molecule has 42 heavy (non-hydrogen) atoms. The topological polar surface area (TPSA) is 131 Å². The van der Waals surface area contributed by atoms with Crippen LogP contribution in [0, 0.1) is 11.7 Å². The molecule has 0 aliphatic carbocycles. The number of rotatable bonds is 5. The van der Waals surface area contributed by atoms with Crippen molar-refractivity contribution < 1.29 is 14.3 Å². The van der Waals surface area contributed by atoms with Gasteiger partial charge in [-0.1, -0.05) is 0 Å². The van der Waals surface area contributed by atoms with Gasteiger partial charge < -0.3 is 30.6 Å². The van der Waals surface area contributed by atoms with E-state index in [1.165, 1.54) is 29.4 Å². The molecule has 2 atom stereocenters. The monoisotopic (exact) mass is 570 g/mol. The molecule has 0 amide bonds. The summed E-state index contributed by atoms with van der Waals surface area (Å²) < 4.78 is 16.3. The van der Waals surface area contributed by atoms with Crippen molar-refractivity contribution in [2.75, 3.05) is 56.4 Å². The number of pyridine rings is 3. The van der Waals surface area contributed by atoms with Gasteiger partial charge >= 0.3 is 5.97 Å². The summed E-state index contributed by atoms with van der Waals surface area (Å²) in [6.45, 7) is 2.67. The number of aromatic carboxylic acids is 1. The van der Waals surface area contributed by atoms with E-state index in [9.17, 15) is 19.1 Å². The second-order valence-corrected chi connectivity index (χ2v) is 11.2. The van der Waals surface area contributed by atoms with Gasteiger partial charge in [0, 0.05) is 68.3 Å². The van der Waals surface area contributed by atoms with Crippen molar-refractivity contribution in [3.8, 4) is 11.1 Å². The zero-order chi connectivity index (χ0) is 29.3. The Morgan fingerprint density at radius 2 is 1.93 bits per heavy atom. The summed E-state index contributed by atoms with van der Waals surface area (Å²) in [6.07, 6.45) is 6.87. The van der Waals surface area contributed by atoms with Crippen LogP contribution in [0.25, 0.3) is 44.1 Å². The maximum atomic E-state index is 14.9. The van der Waals surface area contributed by atoms with Crippen LogP contribution in [0.1, 0.15) is 23.2 Å². The Balaban J connectivity index is 1.52. The van der Waals surface area contributed by atoms with E-state index < -0.39 is 11.4 Å². The Bertz CT molecular complexity index is 1970. The third-order valence-corrected chi connectivity index (χ3v) is 9.02. The summed E-state index contributed by atoms with van der Waals surface area (Å²) >= 11 is 0. The number of halogens is 1. The van der Waals surface area contributed by atoms with Crippen LogP contribution in [0.4, 0.5) is 15.8 Å². The van der Waals surface area contributed by atoms with Gasteiger partial charge in [0.1, 0.15) is 17.0 Å². The van der Waals surface area contributed by atoms with Crippen molar-refractivity contribution in [1.29, 1.82) is 0 Å². The summed E-state index contributed by atoms with van der Waals surface area (Å²) in [5.74, 6) is -1.05. The molecule has 11 nitrogen and oxygen atoms in total. The van der Waals surface area contributed by atoms with E-state index in [1.807, 2.05) is 0 Å². The lowest BCUT2D eigenvalue weighted by Crippen LogP contribution is -2.47. The van der Waals surface area contributed by atoms with Crippen molar-refractivity contribution in [1.82, 2.24) is 24.5 Å². The van der Waals surface area contributed by atoms with Crippen LogP contribution in [0.3, 0.4) is 0 Å². The molecular formula is C30H31FN8O3. The number of piperidine rings is 1. The van der Waals surface area contributed by atoms with Gasteiger partial charge in [0.15, 0.2) is 5.65 Å². The second-order valence-electron chi connectivity index (χ2n) is 11.2. The Morgan fingerprint density at radius 3 is 2.69 bits per heavy atom. The Morgan fingerprint density at radius 1 is 1.12 bits per heavy atom. The summed E-state index contributed by atoms with van der Waals surface area (Å²) in [7, 11) is 5.54. The molecule has 2 aliphatic heterocycles. The van der Waals surface area contributed by atoms with Gasteiger partial charge in [0.25, 0.3) is 0 Å². The fraction of sp³-hybridized carbons (Fsp3) is 0.333. The smallest absolute Gasteiger partial charge is 0.341 e. The lowest BCUT2D eigenvalue weighted by molar-refractivity contribution is 0.0695. The first-order valence-electron chi connectivity index (χ1n) is 14.0. The van der Waals surface area contributed by atoms with Crippen LogP contribution in [0.5, 0.6) is 0 Å². The number of likely N-dealkylation sites (tertiary alicyclic amines) is 1. The third kappa shape index (κ3) is 3.89. The van der Waals surface area contributed by atoms with Gasteiger partial charge in [-0.25, -0.2) is 23.8 Å². The average molecular weight is 571 g/mol. The number of fused-ring (bicyclic) bond motifs is 5. The highest BCUT2D eigenvalue weighted by Crippen LogP contribution is 2.44. The molecule has 1 aromatic carbocycles. The standard InChI is InChI=1S/C30H31FN8O3/c1-32-22-10-17(31)9-18-24-26(38-7-5-15-4-6-37(3)23(15)14-38)20(12-34-28(24)36-25(18)22)16-8-19-27(40)21(30(41)42)13-39(33-2)29(19)35-11-16/h8-13,15,23,32-33H,4-7,14H2,1-3H3,(H,34,36)(H,41,42)/t15-,23+/m1/s1. The molecule has 5 aromatic rings. The predicted octanol–water partition coefficient (Wildman–Crippen LogP) is 3.68. The third-order valence-electron chi connectivity index (χ3n) is 9.02. The number of H-pyrrole nitrogens is 1. The number of aromatic amines is 1. The fourth-order valence-corrected chi connectivity index (χ4v) is 6.88. The Kier molecular flexibility index (Phi) is 6.05. The molecule has 0 unspecified atom stereocenters. The van der Waals surface area contributed by atoms with E-state index in [-0.39, 0.29) is 16.8 Å². The maximum absolute atomic E-state index is 14.9. The van der Waals surface area contributed by atoms with Crippen LogP contribution in [-0.4, -0.2) is 82.4 Å². The zero-order valence-corrected chi connectivity index (χ0v) is 23.5. The normalized spacial score (nSPS) is 19.1. The highest BCUT2D eigenvalue weighted by Gasteiger charge is 2.38. The number of hydrogen-bond donors (Lipinski definition) is 4. The fourth-order valence-electron chi connectivity index (χ4n) is 6.88. The molecule has 0 spiro atoms. The molecule has 2 aliphatic rings. The van der Waals surface area contributed by atoms with E-state index in [1.54, 1.807) is 32.6 Å². The van der Waals surface area contributed by atoms with Crippen LogP contribution in [0.15, 0.2) is 41.6 Å². The Labute approximate surface area is 239 Å². The van der Waals surface area contributed by atoms with Gasteiger partial charge in [0.2, 0.25) is 5.43 Å². The van der Waals surface area contributed by atoms with E-state index in [2.05, 4.69) is 37.6 Å². The number of carbonyl (C=O) groups is 1. The molecule has 0 saturated carbocycles. The first kappa shape index (κ1) is 26.2. The molecule has 0 bridgehead atoms. The number of likely N-dealkylation sites (N-methyl/N-ethyl adjacent to an activating group) is 1. The number of benzene rings is 1. The molecule has 7 rings (SSSR count). The number of hydrogen-bond acceptors (Lipinski definition) is 8. The molecule has 6 heterocycles. The minimum Gasteiger partial charge on any atom is -0.477 e. The number of aromatic nitrogens is 4. The summed E-state index contributed by atoms with van der Waals surface area (Å²) in [5, 5.41) is 14.4. The van der Waals surface area contributed by atoms with E-state index in [4.69, 9.17) is 4.98 Å². The molecule has 4 N–H and O–H groups in total. The van der Waals surface area contributed by atoms with E-state index in [0.29, 0.717) is 39.9 Å². The average Bonchev–Trinajstić information content (AvgIpc) is 3.56. The van der Waals surface area contributed by atoms with Crippen molar-refractivity contribution in [2.24, 2.45) is 5.92 Å². The van der Waals surface area contributed by atoms with E-state index in [0.717, 1.165) is 48.2 Å². The second kappa shape index (κ2) is 9.69. The molecule has 12 heteroatoms. The molecular weight excluding hydrogens is 539 g/mol. The summed E-state index contributed by atoms with van der Waals surface area (Å²) in [6, 6.07) is 5.06. The van der Waals surface area contributed by atoms with Crippen LogP contribution >= 0.6 is 0 Å². The first-order chi connectivity index (χ1) is 20.3. The molecule has 216 valence electrons. The first-order valence-corrected chi connectivity index (χ1v) is 14.0. The van der Waals surface area contributed by atoms with Gasteiger partial charge in [-0.2, -0.15) is 0 Å². The number of carboxylic acids is 1. The summed E-state index contributed by atoms with van der Waals surface area (Å²) in [5.41, 5.74) is 6.49. The highest BCUT2D eigenvalue weighted by molar-refractivity contribution is 6.18. The quantitative estimate of drug-likeness (QED) is 0.250. The van der Waals surface area contributed by atoms with Crippen molar-refractivity contribution >= 4 is 50.3 Å². The molecule has 2 saturated heterocycles. The minimum atomic E-state index is -1.32. The van der Waals surface area contributed by atoms with Crippen molar-refractivity contribution in [3.05, 3.63) is 58.4 Å². The molecule has 4 aromatic heterocycles. The SMILES string of the molecule is CNc1cc(F)cc2c1[nH]c1ncc(-c3cnc4c(c3)c(=O)c(C(=O)O)cn4NC)c(N3CC[C@H]4CCN(C)[C@H]4C3)c12. The minimum absolute atomic E-state index is 0.171.